The van der Waals surface area contributed by atoms with Crippen molar-refractivity contribution in [1.29, 1.82) is 0 Å². The summed E-state index contributed by atoms with van der Waals surface area (Å²) in [7, 11) is 0. The standard InChI is InChI=1S/C25H33N3O/c29-25(22-12-10-21(11-13-22)19-27-14-4-1-5-15-27)26-18-23-8-2-3-9-24(23)20-28-16-6-7-17-28/h2-3,8-13H,1,4-7,14-20H2,(H,26,29). The van der Waals surface area contributed by atoms with Gasteiger partial charge in [0.15, 0.2) is 0 Å². The Morgan fingerprint density at radius 3 is 2.00 bits per heavy atom. The van der Waals surface area contributed by atoms with Crippen molar-refractivity contribution < 1.29 is 4.79 Å². The number of nitrogens with one attached hydrogen (secondary N) is 1. The Bertz CT molecular complexity index is 790. The molecule has 0 aliphatic carbocycles. The fraction of sp³-hybridized carbons (Fsp3) is 0.480. The minimum atomic E-state index is 0.00509. The van der Waals surface area contributed by atoms with Gasteiger partial charge in [0.2, 0.25) is 0 Å². The molecule has 4 heteroatoms. The summed E-state index contributed by atoms with van der Waals surface area (Å²) in [5.41, 5.74) is 4.57. The molecule has 0 aromatic heterocycles. The lowest BCUT2D eigenvalue weighted by atomic mass is 10.1. The van der Waals surface area contributed by atoms with Gasteiger partial charge in [0.05, 0.1) is 0 Å². The molecule has 0 atom stereocenters. The van der Waals surface area contributed by atoms with Gasteiger partial charge in [-0.3, -0.25) is 14.6 Å². The van der Waals surface area contributed by atoms with Crippen LogP contribution in [0.25, 0.3) is 0 Å². The Morgan fingerprint density at radius 1 is 0.724 bits per heavy atom. The lowest BCUT2D eigenvalue weighted by Gasteiger charge is -2.26. The molecule has 1 N–H and O–H groups in total. The number of hydrogen-bond acceptors (Lipinski definition) is 3. The van der Waals surface area contributed by atoms with Gasteiger partial charge < -0.3 is 5.32 Å². The molecule has 0 spiro atoms. The molecule has 2 heterocycles. The van der Waals surface area contributed by atoms with E-state index < -0.39 is 0 Å². The predicted molar refractivity (Wildman–Crippen MR) is 118 cm³/mol. The van der Waals surface area contributed by atoms with Crippen LogP contribution in [0.15, 0.2) is 48.5 Å². The predicted octanol–water partition coefficient (Wildman–Crippen LogP) is 4.20. The third-order valence-electron chi connectivity index (χ3n) is 6.22. The number of nitrogens with zero attached hydrogens (tertiary/aromatic N) is 2. The normalized spacial score (nSPS) is 18.1. The van der Waals surface area contributed by atoms with Crippen molar-refractivity contribution in [2.75, 3.05) is 26.2 Å². The number of piperidine rings is 1. The van der Waals surface area contributed by atoms with E-state index in [0.29, 0.717) is 6.54 Å². The highest BCUT2D eigenvalue weighted by Gasteiger charge is 2.14. The number of carbonyl (C=O) groups excluding carboxylic acids is 1. The Balaban J connectivity index is 1.31. The molecule has 154 valence electrons. The van der Waals surface area contributed by atoms with E-state index in [1.165, 1.54) is 75.0 Å². The first-order valence-corrected chi connectivity index (χ1v) is 11.2. The van der Waals surface area contributed by atoms with Gasteiger partial charge in [-0.15, -0.1) is 0 Å². The second-order valence-corrected chi connectivity index (χ2v) is 8.47. The quantitative estimate of drug-likeness (QED) is 0.768. The van der Waals surface area contributed by atoms with E-state index in [9.17, 15) is 4.79 Å². The minimum Gasteiger partial charge on any atom is -0.348 e. The van der Waals surface area contributed by atoms with Crippen molar-refractivity contribution in [3.05, 3.63) is 70.8 Å². The van der Waals surface area contributed by atoms with Crippen molar-refractivity contribution in [3.63, 3.8) is 0 Å². The summed E-state index contributed by atoms with van der Waals surface area (Å²) < 4.78 is 0. The largest absolute Gasteiger partial charge is 0.348 e. The van der Waals surface area contributed by atoms with Crippen molar-refractivity contribution >= 4 is 5.91 Å². The maximum absolute atomic E-state index is 12.6. The number of rotatable bonds is 7. The second-order valence-electron chi connectivity index (χ2n) is 8.47. The molecule has 0 saturated carbocycles. The van der Waals surface area contributed by atoms with Crippen molar-refractivity contribution in [3.8, 4) is 0 Å². The molecule has 0 bridgehead atoms. The molecular weight excluding hydrogens is 358 g/mol. The lowest BCUT2D eigenvalue weighted by Crippen LogP contribution is -2.29. The van der Waals surface area contributed by atoms with Crippen LogP contribution in [0.4, 0.5) is 0 Å². The van der Waals surface area contributed by atoms with Crippen molar-refractivity contribution in [2.24, 2.45) is 0 Å². The van der Waals surface area contributed by atoms with Crippen LogP contribution >= 0.6 is 0 Å². The Hall–Kier alpha value is -2.17. The molecule has 29 heavy (non-hydrogen) atoms. The van der Waals surface area contributed by atoms with Gasteiger partial charge in [-0.25, -0.2) is 0 Å². The summed E-state index contributed by atoms with van der Waals surface area (Å²) in [4.78, 5) is 17.7. The van der Waals surface area contributed by atoms with Gasteiger partial charge in [0, 0.05) is 25.2 Å². The van der Waals surface area contributed by atoms with Gasteiger partial charge in [-0.1, -0.05) is 42.8 Å². The van der Waals surface area contributed by atoms with Crippen molar-refractivity contribution in [1.82, 2.24) is 15.1 Å². The van der Waals surface area contributed by atoms with Gasteiger partial charge >= 0.3 is 0 Å². The highest BCUT2D eigenvalue weighted by atomic mass is 16.1. The van der Waals surface area contributed by atoms with E-state index in [2.05, 4.69) is 51.5 Å². The molecule has 2 saturated heterocycles. The van der Waals surface area contributed by atoms with E-state index in [-0.39, 0.29) is 5.91 Å². The first kappa shape index (κ1) is 20.1. The van der Waals surface area contributed by atoms with Crippen LogP contribution in [-0.4, -0.2) is 41.9 Å². The third-order valence-corrected chi connectivity index (χ3v) is 6.22. The summed E-state index contributed by atoms with van der Waals surface area (Å²) in [5.74, 6) is 0.00509. The van der Waals surface area contributed by atoms with Crippen LogP contribution in [-0.2, 0) is 19.6 Å². The van der Waals surface area contributed by atoms with Crippen molar-refractivity contribution in [2.45, 2.75) is 51.7 Å². The average molecular weight is 392 g/mol. The molecule has 4 nitrogen and oxygen atoms in total. The van der Waals surface area contributed by atoms with Crippen LogP contribution in [0, 0.1) is 0 Å². The van der Waals surface area contributed by atoms with E-state index in [1.807, 2.05) is 12.1 Å². The second kappa shape index (κ2) is 10.0. The fourth-order valence-corrected chi connectivity index (χ4v) is 4.48. The maximum atomic E-state index is 12.6. The summed E-state index contributed by atoms with van der Waals surface area (Å²) in [6.07, 6.45) is 6.57. The highest BCUT2D eigenvalue weighted by Crippen LogP contribution is 2.17. The highest BCUT2D eigenvalue weighted by molar-refractivity contribution is 5.94. The fourth-order valence-electron chi connectivity index (χ4n) is 4.48. The molecule has 2 aromatic carbocycles. The summed E-state index contributed by atoms with van der Waals surface area (Å²) in [5, 5.41) is 3.11. The van der Waals surface area contributed by atoms with Crippen LogP contribution in [0.2, 0.25) is 0 Å². The van der Waals surface area contributed by atoms with E-state index in [4.69, 9.17) is 0 Å². The molecule has 2 fully saturated rings. The summed E-state index contributed by atoms with van der Waals surface area (Å²) in [6, 6.07) is 16.6. The molecule has 2 aromatic rings. The topological polar surface area (TPSA) is 35.6 Å². The van der Waals surface area contributed by atoms with Gasteiger partial charge in [-0.05, 0) is 80.7 Å². The molecule has 4 rings (SSSR count). The van der Waals surface area contributed by atoms with E-state index >= 15 is 0 Å². The number of carbonyl (C=O) groups is 1. The molecule has 0 unspecified atom stereocenters. The van der Waals surface area contributed by atoms with Crippen LogP contribution < -0.4 is 5.32 Å². The molecule has 1 amide bonds. The van der Waals surface area contributed by atoms with E-state index in [1.54, 1.807) is 0 Å². The third kappa shape index (κ3) is 5.68. The van der Waals surface area contributed by atoms with Crippen LogP contribution in [0.1, 0.15) is 59.2 Å². The maximum Gasteiger partial charge on any atom is 0.251 e. The van der Waals surface area contributed by atoms with Crippen LogP contribution in [0.5, 0.6) is 0 Å². The monoisotopic (exact) mass is 391 g/mol. The van der Waals surface area contributed by atoms with Gasteiger partial charge in [-0.2, -0.15) is 0 Å². The smallest absolute Gasteiger partial charge is 0.251 e. The van der Waals surface area contributed by atoms with Gasteiger partial charge in [0.1, 0.15) is 0 Å². The zero-order valence-corrected chi connectivity index (χ0v) is 17.4. The zero-order chi connectivity index (χ0) is 19.9. The average Bonchev–Trinajstić information content (AvgIpc) is 3.27. The first-order valence-electron chi connectivity index (χ1n) is 11.2. The Kier molecular flexibility index (Phi) is 6.96. The first-order chi connectivity index (χ1) is 14.3. The summed E-state index contributed by atoms with van der Waals surface area (Å²) in [6.45, 7) is 7.31. The molecular formula is C25H33N3O. The Morgan fingerprint density at radius 2 is 1.31 bits per heavy atom. The number of likely N-dealkylation sites (tertiary alicyclic amines) is 2. The van der Waals surface area contributed by atoms with Gasteiger partial charge in [0.25, 0.3) is 5.91 Å². The number of hydrogen-bond donors (Lipinski definition) is 1. The van der Waals surface area contributed by atoms with E-state index in [0.717, 1.165) is 18.7 Å². The minimum absolute atomic E-state index is 0.00509. The number of amides is 1. The zero-order valence-electron chi connectivity index (χ0n) is 17.4. The SMILES string of the molecule is O=C(NCc1ccccc1CN1CCCC1)c1ccc(CN2CCCCC2)cc1. The molecule has 2 aliphatic rings. The lowest BCUT2D eigenvalue weighted by molar-refractivity contribution is 0.0950. The van der Waals surface area contributed by atoms with Crippen LogP contribution in [0.3, 0.4) is 0 Å². The number of benzene rings is 2. The molecule has 0 radical (unpaired) electrons. The Labute approximate surface area is 174 Å². The summed E-state index contributed by atoms with van der Waals surface area (Å²) >= 11 is 0. The molecule has 2 aliphatic heterocycles.